The van der Waals surface area contributed by atoms with Crippen LogP contribution in [0.2, 0.25) is 5.02 Å². The minimum absolute atomic E-state index is 0.353. The average Bonchev–Trinajstić information content (AvgIpc) is 3.38. The van der Waals surface area contributed by atoms with E-state index in [-0.39, 0.29) is 11.8 Å². The number of para-hydroxylation sites is 1. The van der Waals surface area contributed by atoms with Gasteiger partial charge in [-0.05, 0) is 31.2 Å². The molecule has 25 heavy (non-hydrogen) atoms. The molecule has 0 bridgehead atoms. The fourth-order valence-electron chi connectivity index (χ4n) is 3.52. The van der Waals surface area contributed by atoms with Gasteiger partial charge in [0.2, 0.25) is 0 Å². The molecule has 0 N–H and O–H groups in total. The van der Waals surface area contributed by atoms with Gasteiger partial charge in [0.15, 0.2) is 0 Å². The van der Waals surface area contributed by atoms with Crippen molar-refractivity contribution >= 4 is 34.8 Å². The average molecular weight is 357 g/mol. The second kappa shape index (κ2) is 5.58. The van der Waals surface area contributed by atoms with Crippen LogP contribution in [0.1, 0.15) is 18.6 Å². The lowest BCUT2D eigenvalue weighted by Crippen LogP contribution is -2.53. The number of carbonyl (C=O) groups excluding carboxylic acids is 2. The van der Waals surface area contributed by atoms with Crippen molar-refractivity contribution in [1.29, 1.82) is 0 Å². The van der Waals surface area contributed by atoms with E-state index in [0.29, 0.717) is 22.8 Å². The fourth-order valence-corrected chi connectivity index (χ4v) is 3.79. The first-order valence-corrected chi connectivity index (χ1v) is 8.51. The van der Waals surface area contributed by atoms with Crippen LogP contribution < -0.4 is 9.80 Å². The zero-order valence-corrected chi connectivity index (χ0v) is 14.7. The largest absolute Gasteiger partial charge is 0.341 e. The molecule has 0 radical (unpaired) electrons. The van der Waals surface area contributed by atoms with Gasteiger partial charge in [-0.1, -0.05) is 35.9 Å². The summed E-state index contributed by atoms with van der Waals surface area (Å²) in [5, 5.41) is 0.499. The Morgan fingerprint density at radius 1 is 1.24 bits per heavy atom. The van der Waals surface area contributed by atoms with Crippen molar-refractivity contribution in [2.45, 2.75) is 18.6 Å². The van der Waals surface area contributed by atoms with Crippen LogP contribution in [0.5, 0.6) is 0 Å². The summed E-state index contributed by atoms with van der Waals surface area (Å²) in [6.45, 7) is 2.31. The summed E-state index contributed by atoms with van der Waals surface area (Å²) in [5.74, 6) is -0.708. The molecular formula is C19H17ClN2O3. The number of hydrogen-bond acceptors (Lipinski definition) is 3. The van der Waals surface area contributed by atoms with E-state index in [0.717, 1.165) is 5.69 Å². The zero-order chi connectivity index (χ0) is 17.8. The number of nitrogens with zero attached hydrogens (tertiary/aromatic N) is 2. The number of amides is 2. The van der Waals surface area contributed by atoms with Gasteiger partial charge in [-0.25, -0.2) is 0 Å². The molecule has 0 saturated carbocycles. The molecule has 2 unspecified atom stereocenters. The summed E-state index contributed by atoms with van der Waals surface area (Å²) in [4.78, 5) is 29.3. The van der Waals surface area contributed by atoms with E-state index in [1.54, 1.807) is 24.1 Å². The number of epoxide rings is 1. The Kier molecular flexibility index (Phi) is 3.60. The smallest absolute Gasteiger partial charge is 0.272 e. The second-order valence-corrected chi connectivity index (χ2v) is 6.56. The van der Waals surface area contributed by atoms with E-state index >= 15 is 0 Å². The number of halogens is 1. The first-order valence-electron chi connectivity index (χ1n) is 8.13. The normalized spacial score (nSPS) is 23.7. The van der Waals surface area contributed by atoms with Crippen LogP contribution in [-0.4, -0.2) is 31.0 Å². The van der Waals surface area contributed by atoms with Crippen LogP contribution in [0, 0.1) is 0 Å². The molecule has 128 valence electrons. The summed E-state index contributed by atoms with van der Waals surface area (Å²) >= 11 is 6.33. The third-order valence-corrected chi connectivity index (χ3v) is 5.17. The van der Waals surface area contributed by atoms with Gasteiger partial charge < -0.3 is 14.5 Å². The molecule has 5 nitrogen and oxygen atoms in total. The van der Waals surface area contributed by atoms with Crippen LogP contribution >= 0.6 is 11.6 Å². The highest BCUT2D eigenvalue weighted by atomic mass is 35.5. The SMILES string of the molecule is CCN(C(=O)C12OC1c1c(Cl)cccc1N(C)C2=O)c1ccccc1. The van der Waals surface area contributed by atoms with Gasteiger partial charge >= 0.3 is 0 Å². The van der Waals surface area contributed by atoms with E-state index in [2.05, 4.69) is 0 Å². The van der Waals surface area contributed by atoms with Crippen molar-refractivity contribution in [3.63, 3.8) is 0 Å². The maximum absolute atomic E-state index is 13.3. The predicted molar refractivity (Wildman–Crippen MR) is 95.9 cm³/mol. The number of benzene rings is 2. The van der Waals surface area contributed by atoms with Gasteiger partial charge in [0.05, 0.1) is 5.69 Å². The summed E-state index contributed by atoms with van der Waals surface area (Å²) in [6, 6.07) is 14.6. The van der Waals surface area contributed by atoms with Crippen LogP contribution in [-0.2, 0) is 14.3 Å². The molecule has 0 spiro atoms. The molecule has 2 aliphatic rings. The highest BCUT2D eigenvalue weighted by Crippen LogP contribution is 2.59. The Morgan fingerprint density at radius 2 is 1.96 bits per heavy atom. The van der Waals surface area contributed by atoms with Crippen molar-refractivity contribution < 1.29 is 14.3 Å². The predicted octanol–water partition coefficient (Wildman–Crippen LogP) is 3.18. The van der Waals surface area contributed by atoms with Crippen molar-refractivity contribution in [3.8, 4) is 0 Å². The Labute approximate surface area is 150 Å². The Morgan fingerprint density at radius 3 is 2.64 bits per heavy atom. The molecule has 1 saturated heterocycles. The number of likely N-dealkylation sites (N-methyl/N-ethyl adjacent to an activating group) is 2. The molecule has 2 amide bonds. The molecule has 4 rings (SSSR count). The monoisotopic (exact) mass is 356 g/mol. The lowest BCUT2D eigenvalue weighted by Gasteiger charge is -2.31. The third-order valence-electron chi connectivity index (χ3n) is 4.84. The van der Waals surface area contributed by atoms with E-state index in [9.17, 15) is 9.59 Å². The highest BCUT2D eigenvalue weighted by Gasteiger charge is 2.74. The van der Waals surface area contributed by atoms with E-state index in [1.165, 1.54) is 4.90 Å². The number of anilines is 2. The number of carbonyl (C=O) groups is 2. The highest BCUT2D eigenvalue weighted by molar-refractivity contribution is 6.33. The molecule has 2 atom stereocenters. The quantitative estimate of drug-likeness (QED) is 0.627. The summed E-state index contributed by atoms with van der Waals surface area (Å²) in [7, 11) is 1.64. The van der Waals surface area contributed by atoms with Crippen molar-refractivity contribution in [2.24, 2.45) is 0 Å². The topological polar surface area (TPSA) is 53.2 Å². The molecule has 0 aliphatic carbocycles. The lowest BCUT2D eigenvalue weighted by molar-refractivity contribution is -0.134. The number of rotatable bonds is 3. The summed E-state index contributed by atoms with van der Waals surface area (Å²) in [6.07, 6.45) is -0.634. The first kappa shape index (κ1) is 16.1. The molecule has 6 heteroatoms. The molecule has 2 aromatic rings. The Bertz CT molecular complexity index is 870. The maximum atomic E-state index is 13.3. The van der Waals surface area contributed by atoms with Crippen molar-refractivity contribution in [1.82, 2.24) is 0 Å². The summed E-state index contributed by atoms with van der Waals surface area (Å²) < 4.78 is 5.75. The van der Waals surface area contributed by atoms with Gasteiger partial charge in [-0.15, -0.1) is 0 Å². The van der Waals surface area contributed by atoms with Gasteiger partial charge in [-0.3, -0.25) is 9.59 Å². The summed E-state index contributed by atoms with van der Waals surface area (Å²) in [5.41, 5.74) is 0.604. The van der Waals surface area contributed by atoms with Gasteiger partial charge in [0.1, 0.15) is 6.10 Å². The van der Waals surface area contributed by atoms with Crippen molar-refractivity contribution in [2.75, 3.05) is 23.4 Å². The van der Waals surface area contributed by atoms with Crippen LogP contribution in [0.3, 0.4) is 0 Å². The molecule has 2 aliphatic heterocycles. The second-order valence-electron chi connectivity index (χ2n) is 6.16. The minimum atomic E-state index is -1.52. The van der Waals surface area contributed by atoms with Crippen LogP contribution in [0.4, 0.5) is 11.4 Å². The van der Waals surface area contributed by atoms with Gasteiger partial charge in [-0.2, -0.15) is 0 Å². The molecular weight excluding hydrogens is 340 g/mol. The van der Waals surface area contributed by atoms with E-state index < -0.39 is 11.7 Å². The minimum Gasteiger partial charge on any atom is -0.341 e. The first-order chi connectivity index (χ1) is 12.0. The number of ether oxygens (including phenoxy) is 1. The van der Waals surface area contributed by atoms with E-state index in [1.807, 2.05) is 43.3 Å². The maximum Gasteiger partial charge on any atom is 0.272 e. The van der Waals surface area contributed by atoms with E-state index in [4.69, 9.17) is 16.3 Å². The number of hydrogen-bond donors (Lipinski definition) is 0. The Balaban J connectivity index is 1.78. The van der Waals surface area contributed by atoms with Crippen LogP contribution in [0.25, 0.3) is 0 Å². The molecule has 1 fully saturated rings. The van der Waals surface area contributed by atoms with Crippen LogP contribution in [0.15, 0.2) is 48.5 Å². The third kappa shape index (κ3) is 2.12. The lowest BCUT2D eigenvalue weighted by atomic mass is 9.90. The number of fused-ring (bicyclic) bond motifs is 3. The zero-order valence-electron chi connectivity index (χ0n) is 13.9. The van der Waals surface area contributed by atoms with Gasteiger partial charge in [0.25, 0.3) is 17.4 Å². The van der Waals surface area contributed by atoms with Gasteiger partial charge in [0, 0.05) is 29.9 Å². The van der Waals surface area contributed by atoms with Crippen molar-refractivity contribution in [3.05, 3.63) is 59.1 Å². The molecule has 0 aromatic heterocycles. The molecule has 2 heterocycles. The standard InChI is InChI=1S/C19H17ClN2O3/c1-3-22(12-8-5-4-6-9-12)18(24)19-16(25-19)15-13(20)10-7-11-14(15)21(2)17(19)23/h4-11,16H,3H2,1-2H3. The molecule has 2 aromatic carbocycles. The Hall–Kier alpha value is -2.37. The fraction of sp³-hybridized carbons (Fsp3) is 0.263.